The number of aliphatic carboxylic acids is 2. The summed E-state index contributed by atoms with van der Waals surface area (Å²) in [5.74, 6) is -3.88. The van der Waals surface area contributed by atoms with Crippen LogP contribution in [0.5, 0.6) is 0 Å². The molecule has 0 unspecified atom stereocenters. The van der Waals surface area contributed by atoms with E-state index in [2.05, 4.69) is 31.9 Å². The van der Waals surface area contributed by atoms with E-state index in [1.165, 1.54) is 4.90 Å². The van der Waals surface area contributed by atoms with Gasteiger partial charge in [-0.3, -0.25) is 38.4 Å². The van der Waals surface area contributed by atoms with Gasteiger partial charge in [0, 0.05) is 89.8 Å². The van der Waals surface area contributed by atoms with Crippen LogP contribution in [0.4, 0.5) is 0 Å². The summed E-state index contributed by atoms with van der Waals surface area (Å²) in [6.45, 7) is 14.1. The van der Waals surface area contributed by atoms with Crippen molar-refractivity contribution in [1.82, 2.24) is 36.8 Å². The third kappa shape index (κ3) is 33.5. The number of unbranched alkanes of at least 4 members (excludes halogenated alkanes) is 1. The molecule has 0 aromatic carbocycles. The number of hydrogen-bond acceptors (Lipinski definition) is 13. The average Bonchev–Trinajstić information content (AvgIpc) is 3.24. The summed E-state index contributed by atoms with van der Waals surface area (Å²) >= 11 is 0. The van der Waals surface area contributed by atoms with Gasteiger partial charge in [0.1, 0.15) is 6.04 Å². The molecule has 0 spiro atoms. The molecule has 0 saturated carbocycles. The maximum Gasteiger partial charge on any atom is 0.326 e. The van der Waals surface area contributed by atoms with Crippen LogP contribution in [0.3, 0.4) is 0 Å². The highest BCUT2D eigenvalue weighted by Crippen LogP contribution is 2.36. The topological polar surface area (TPSA) is 306 Å². The van der Waals surface area contributed by atoms with Gasteiger partial charge in [-0.05, 0) is 31.1 Å². The minimum Gasteiger partial charge on any atom is -0.481 e. The number of carbonyl (C=O) groups excluding carboxylic acids is 7. The molecule has 0 saturated heterocycles. The number of carbonyl (C=O) groups is 9. The first kappa shape index (κ1) is 61.1. The average molecular weight is 946 g/mol. The fourth-order valence-electron chi connectivity index (χ4n) is 6.48. The van der Waals surface area contributed by atoms with E-state index < -0.39 is 34.7 Å². The van der Waals surface area contributed by atoms with Gasteiger partial charge in [-0.1, -0.05) is 41.5 Å². The second-order valence-corrected chi connectivity index (χ2v) is 16.9. The van der Waals surface area contributed by atoms with Crippen molar-refractivity contribution in [2.75, 3.05) is 98.7 Å². The van der Waals surface area contributed by atoms with Gasteiger partial charge in [0.2, 0.25) is 41.4 Å². The Kier molecular flexibility index (Phi) is 33.5. The summed E-state index contributed by atoms with van der Waals surface area (Å²) < 4.78 is 21.7. The molecular formula is C44H79N7O15. The summed E-state index contributed by atoms with van der Waals surface area (Å²) in [6, 6.07) is -1.11. The lowest BCUT2D eigenvalue weighted by Gasteiger charge is -2.33. The van der Waals surface area contributed by atoms with Crippen LogP contribution in [0.2, 0.25) is 0 Å². The third-order valence-corrected chi connectivity index (χ3v) is 9.81. The van der Waals surface area contributed by atoms with E-state index in [9.17, 15) is 48.3 Å². The monoisotopic (exact) mass is 946 g/mol. The Morgan fingerprint density at radius 2 is 0.970 bits per heavy atom. The van der Waals surface area contributed by atoms with Gasteiger partial charge in [0.05, 0.1) is 59.3 Å². The molecule has 0 fully saturated rings. The van der Waals surface area contributed by atoms with Crippen molar-refractivity contribution in [3.05, 3.63) is 0 Å². The molecule has 0 aliphatic rings. The van der Waals surface area contributed by atoms with E-state index >= 15 is 0 Å². The van der Waals surface area contributed by atoms with Crippen molar-refractivity contribution in [3.63, 3.8) is 0 Å². The predicted molar refractivity (Wildman–Crippen MR) is 242 cm³/mol. The van der Waals surface area contributed by atoms with Crippen molar-refractivity contribution in [2.45, 2.75) is 118 Å². The van der Waals surface area contributed by atoms with Crippen molar-refractivity contribution in [1.29, 1.82) is 0 Å². The van der Waals surface area contributed by atoms with E-state index in [-0.39, 0.29) is 166 Å². The number of ether oxygens (including phenoxy) is 4. The van der Waals surface area contributed by atoms with E-state index in [1.807, 2.05) is 0 Å². The van der Waals surface area contributed by atoms with Crippen LogP contribution in [0.15, 0.2) is 0 Å². The van der Waals surface area contributed by atoms with Crippen molar-refractivity contribution < 1.29 is 72.3 Å². The molecule has 0 aliphatic carbocycles. The predicted octanol–water partition coefficient (Wildman–Crippen LogP) is 0.500. The Hall–Kier alpha value is -4.93. The van der Waals surface area contributed by atoms with Crippen molar-refractivity contribution >= 4 is 53.3 Å². The Morgan fingerprint density at radius 3 is 1.42 bits per heavy atom. The number of hydrogen-bond donors (Lipinski definition) is 8. The highest BCUT2D eigenvalue weighted by molar-refractivity contribution is 5.87. The Bertz CT molecular complexity index is 1470. The van der Waals surface area contributed by atoms with Gasteiger partial charge < -0.3 is 66.0 Å². The molecule has 0 aromatic rings. The molecule has 1 atom stereocenters. The van der Waals surface area contributed by atoms with Crippen LogP contribution in [0.1, 0.15) is 112 Å². The van der Waals surface area contributed by atoms with Gasteiger partial charge in [0.15, 0.2) is 0 Å². The SMILES string of the molecule is CCC(=O)NCCN(CCNC(=O)CC)C(=O)CCC(=O)NCCOCCOCCC(=O)NCCOCCOCCC(=O)NCCCC[C@H](NC(=O)C(C)(C)CC(C)(C)CC(=O)O)C(=O)O. The van der Waals surface area contributed by atoms with Crippen LogP contribution in [-0.2, 0) is 62.1 Å². The molecule has 7 amide bonds. The highest BCUT2D eigenvalue weighted by atomic mass is 16.5. The first-order valence-electron chi connectivity index (χ1n) is 22.9. The minimum atomic E-state index is -1.17. The molecule has 8 N–H and O–H groups in total. The maximum absolute atomic E-state index is 12.9. The molecule has 0 aliphatic heterocycles. The lowest BCUT2D eigenvalue weighted by molar-refractivity contribution is -0.144. The van der Waals surface area contributed by atoms with Crippen LogP contribution in [-0.4, -0.2) is 173 Å². The smallest absolute Gasteiger partial charge is 0.326 e. The van der Waals surface area contributed by atoms with Crippen molar-refractivity contribution in [3.8, 4) is 0 Å². The van der Waals surface area contributed by atoms with Gasteiger partial charge >= 0.3 is 11.9 Å². The molecule has 380 valence electrons. The summed E-state index contributed by atoms with van der Waals surface area (Å²) in [6.07, 6.45) is 2.13. The second kappa shape index (κ2) is 36.2. The third-order valence-electron chi connectivity index (χ3n) is 9.81. The Labute approximate surface area is 389 Å². The molecule has 0 aromatic heterocycles. The van der Waals surface area contributed by atoms with Gasteiger partial charge in [-0.2, -0.15) is 0 Å². The van der Waals surface area contributed by atoms with Gasteiger partial charge in [-0.25, -0.2) is 4.79 Å². The fourth-order valence-corrected chi connectivity index (χ4v) is 6.48. The maximum atomic E-state index is 12.9. The Morgan fingerprint density at radius 1 is 0.530 bits per heavy atom. The molecule has 22 heteroatoms. The molecule has 22 nitrogen and oxygen atoms in total. The van der Waals surface area contributed by atoms with E-state index in [4.69, 9.17) is 24.1 Å². The molecule has 0 heterocycles. The van der Waals surface area contributed by atoms with Gasteiger partial charge in [0.25, 0.3) is 0 Å². The number of nitrogens with one attached hydrogen (secondary N) is 6. The summed E-state index contributed by atoms with van der Waals surface area (Å²) in [4.78, 5) is 110. The molecule has 0 radical (unpaired) electrons. The van der Waals surface area contributed by atoms with E-state index in [0.29, 0.717) is 38.8 Å². The molecular weight excluding hydrogens is 867 g/mol. The standard InChI is InChI=1S/C44H79N7O15/c1-7-34(52)46-17-21-51(22-18-47-35(53)8-2)39(57)13-12-36(54)48-19-25-65-29-28-64-24-15-38(56)49-20-26-66-30-27-63-23-14-37(55)45-16-10-9-11-33(41(60)61)50-42(62)44(5,6)32-43(3,4)31-40(58)59/h33H,7-32H2,1-6H3,(H,45,55)(H,46,52)(H,47,53)(H,48,54)(H,49,56)(H,50,62)(H,58,59)(H,60,61)/t33-/m0/s1. The van der Waals surface area contributed by atoms with Crippen LogP contribution < -0.4 is 31.9 Å². The number of carboxylic acids is 2. The quantitative estimate of drug-likeness (QED) is 0.0387. The minimum absolute atomic E-state index is 0.0225. The fraction of sp³-hybridized carbons (Fsp3) is 0.795. The van der Waals surface area contributed by atoms with Crippen LogP contribution >= 0.6 is 0 Å². The number of rotatable bonds is 41. The lowest BCUT2D eigenvalue weighted by Crippen LogP contribution is -2.47. The van der Waals surface area contributed by atoms with Crippen LogP contribution in [0.25, 0.3) is 0 Å². The number of nitrogens with zero attached hydrogens (tertiary/aromatic N) is 1. The second-order valence-electron chi connectivity index (χ2n) is 16.9. The van der Waals surface area contributed by atoms with E-state index in [1.54, 1.807) is 41.5 Å². The normalized spacial score (nSPS) is 11.8. The highest BCUT2D eigenvalue weighted by Gasteiger charge is 2.37. The first-order valence-corrected chi connectivity index (χ1v) is 22.9. The van der Waals surface area contributed by atoms with Crippen molar-refractivity contribution in [2.24, 2.45) is 10.8 Å². The number of amides is 7. The number of carboxylic acid groups (broad SMARTS) is 2. The first-order chi connectivity index (χ1) is 31.2. The molecule has 66 heavy (non-hydrogen) atoms. The Balaban J connectivity index is 3.91. The van der Waals surface area contributed by atoms with Gasteiger partial charge in [-0.15, -0.1) is 0 Å². The summed E-state index contributed by atoms with van der Waals surface area (Å²) in [5, 5.41) is 34.9. The zero-order valence-electron chi connectivity index (χ0n) is 40.1. The zero-order chi connectivity index (χ0) is 49.8. The largest absolute Gasteiger partial charge is 0.481 e. The van der Waals surface area contributed by atoms with Crippen LogP contribution in [0, 0.1) is 10.8 Å². The molecule has 0 rings (SSSR count). The van der Waals surface area contributed by atoms with E-state index in [0.717, 1.165) is 0 Å². The summed E-state index contributed by atoms with van der Waals surface area (Å²) in [5.41, 5.74) is -1.64. The molecule has 0 bridgehead atoms. The zero-order valence-corrected chi connectivity index (χ0v) is 40.1. The lowest BCUT2D eigenvalue weighted by atomic mass is 9.73. The summed E-state index contributed by atoms with van der Waals surface area (Å²) in [7, 11) is 0.